The van der Waals surface area contributed by atoms with E-state index in [0.29, 0.717) is 0 Å². The highest BCUT2D eigenvalue weighted by molar-refractivity contribution is 6.17. The summed E-state index contributed by atoms with van der Waals surface area (Å²) in [4.78, 5) is 4.51. The third-order valence-corrected chi connectivity index (χ3v) is 6.21. The minimum Gasteiger partial charge on any atom is -0.339 e. The monoisotopic (exact) mass is 398 g/mol. The van der Waals surface area contributed by atoms with Crippen LogP contribution in [0.2, 0.25) is 0 Å². The lowest BCUT2D eigenvalue weighted by atomic mass is 10.1. The average molecular weight is 399 g/mol. The summed E-state index contributed by atoms with van der Waals surface area (Å²) in [6.07, 6.45) is 0. The smallest absolute Gasteiger partial charge is 0.0499 e. The highest BCUT2D eigenvalue weighted by atomic mass is 15.1. The molecule has 0 saturated heterocycles. The molecule has 0 bridgehead atoms. The maximum Gasteiger partial charge on any atom is 0.0499 e. The van der Waals surface area contributed by atoms with E-state index in [1.807, 2.05) is 0 Å². The van der Waals surface area contributed by atoms with Gasteiger partial charge in [-0.2, -0.15) is 0 Å². The Hall–Kier alpha value is -2.82. The van der Waals surface area contributed by atoms with Crippen LogP contribution < -0.4 is 0 Å². The average Bonchev–Trinajstić information content (AvgIpc) is 3.21. The maximum atomic E-state index is 2.50. The van der Waals surface area contributed by atoms with Crippen LogP contribution in [0.4, 0.5) is 0 Å². The molecule has 3 aromatic carbocycles. The van der Waals surface area contributed by atoms with Crippen molar-refractivity contribution in [2.45, 2.75) is 13.1 Å². The van der Waals surface area contributed by atoms with Crippen LogP contribution in [0.15, 0.2) is 60.7 Å². The number of para-hydroxylation sites is 2. The first-order chi connectivity index (χ1) is 14.5. The molecule has 0 N–H and O–H groups in total. The van der Waals surface area contributed by atoms with Crippen molar-refractivity contribution in [1.82, 2.24) is 18.9 Å². The minimum absolute atomic E-state index is 0.988. The van der Waals surface area contributed by atoms with Gasteiger partial charge in [-0.05, 0) is 52.5 Å². The Morgan fingerprint density at radius 1 is 0.533 bits per heavy atom. The molecule has 2 heterocycles. The second-order valence-electron chi connectivity index (χ2n) is 8.83. The fourth-order valence-corrected chi connectivity index (χ4v) is 4.67. The van der Waals surface area contributed by atoms with Crippen LogP contribution in [0.1, 0.15) is 0 Å². The van der Waals surface area contributed by atoms with E-state index in [0.717, 1.165) is 26.2 Å². The van der Waals surface area contributed by atoms with Crippen molar-refractivity contribution < 1.29 is 0 Å². The van der Waals surface area contributed by atoms with E-state index >= 15 is 0 Å². The molecule has 30 heavy (non-hydrogen) atoms. The summed E-state index contributed by atoms with van der Waals surface area (Å²) in [5.41, 5.74) is 5.32. The molecular weight excluding hydrogens is 368 g/mol. The van der Waals surface area contributed by atoms with Gasteiger partial charge in [0, 0.05) is 69.8 Å². The number of aromatic nitrogens is 2. The molecule has 0 radical (unpaired) electrons. The normalized spacial score (nSPS) is 12.5. The lowest BCUT2D eigenvalue weighted by Gasteiger charge is -2.13. The molecule has 0 fully saturated rings. The zero-order valence-corrected chi connectivity index (χ0v) is 18.4. The van der Waals surface area contributed by atoms with Gasteiger partial charge < -0.3 is 18.9 Å². The van der Waals surface area contributed by atoms with Crippen LogP contribution in [-0.2, 0) is 13.1 Å². The Labute approximate surface area is 177 Å². The molecule has 0 aliphatic heterocycles. The molecule has 0 amide bonds. The van der Waals surface area contributed by atoms with Gasteiger partial charge in [0.05, 0.1) is 0 Å². The van der Waals surface area contributed by atoms with E-state index in [9.17, 15) is 0 Å². The van der Waals surface area contributed by atoms with Crippen molar-refractivity contribution in [3.63, 3.8) is 0 Å². The number of rotatable bonds is 6. The van der Waals surface area contributed by atoms with Crippen LogP contribution in [0.3, 0.4) is 0 Å². The van der Waals surface area contributed by atoms with Gasteiger partial charge in [-0.25, -0.2) is 0 Å². The fourth-order valence-electron chi connectivity index (χ4n) is 4.67. The lowest BCUT2D eigenvalue weighted by Crippen LogP contribution is -2.18. The van der Waals surface area contributed by atoms with Gasteiger partial charge in [0.2, 0.25) is 0 Å². The van der Waals surface area contributed by atoms with Crippen molar-refractivity contribution in [3.05, 3.63) is 60.7 Å². The predicted octanol–water partition coefficient (Wildman–Crippen LogP) is 5.03. The molecule has 4 heteroatoms. The first-order valence-corrected chi connectivity index (χ1v) is 10.8. The van der Waals surface area contributed by atoms with Crippen molar-refractivity contribution >= 4 is 43.6 Å². The van der Waals surface area contributed by atoms with Crippen molar-refractivity contribution in [2.24, 2.45) is 0 Å². The van der Waals surface area contributed by atoms with E-state index in [2.05, 4.69) is 108 Å². The van der Waals surface area contributed by atoms with E-state index in [1.54, 1.807) is 0 Å². The van der Waals surface area contributed by atoms with Gasteiger partial charge >= 0.3 is 0 Å². The van der Waals surface area contributed by atoms with Crippen LogP contribution >= 0.6 is 0 Å². The molecule has 0 atom stereocenters. The van der Waals surface area contributed by atoms with Gasteiger partial charge in [0.15, 0.2) is 0 Å². The van der Waals surface area contributed by atoms with E-state index in [-0.39, 0.29) is 0 Å². The Balaban J connectivity index is 1.83. The second kappa shape index (κ2) is 7.46. The van der Waals surface area contributed by atoms with Crippen molar-refractivity contribution in [1.29, 1.82) is 0 Å². The molecule has 0 saturated carbocycles. The summed E-state index contributed by atoms with van der Waals surface area (Å²) in [5, 5.41) is 5.40. The third kappa shape index (κ3) is 3.08. The molecule has 2 aromatic heterocycles. The SMILES string of the molecule is CN(C)CCn1c2ccccc2c2cc3c(cc21)c1ccccc1n3CCN(C)C. The van der Waals surface area contributed by atoms with E-state index in [1.165, 1.54) is 43.6 Å². The molecule has 5 rings (SSSR count). The van der Waals surface area contributed by atoms with Crippen LogP contribution in [-0.4, -0.2) is 60.2 Å². The zero-order chi connectivity index (χ0) is 20.8. The van der Waals surface area contributed by atoms with Crippen molar-refractivity contribution in [3.8, 4) is 0 Å². The molecule has 154 valence electrons. The van der Waals surface area contributed by atoms with E-state index < -0.39 is 0 Å². The Morgan fingerprint density at radius 3 is 1.33 bits per heavy atom. The number of nitrogens with zero attached hydrogens (tertiary/aromatic N) is 4. The summed E-state index contributed by atoms with van der Waals surface area (Å²) in [6.45, 7) is 4.02. The lowest BCUT2D eigenvalue weighted by molar-refractivity contribution is 0.389. The van der Waals surface area contributed by atoms with Gasteiger partial charge in [0.1, 0.15) is 0 Å². The Bertz CT molecular complexity index is 1250. The van der Waals surface area contributed by atoms with Gasteiger partial charge in [-0.15, -0.1) is 0 Å². The molecule has 0 unspecified atom stereocenters. The van der Waals surface area contributed by atoms with Gasteiger partial charge in [0.25, 0.3) is 0 Å². The summed E-state index contributed by atoms with van der Waals surface area (Å²) in [5.74, 6) is 0. The molecule has 5 aromatic rings. The highest BCUT2D eigenvalue weighted by Crippen LogP contribution is 2.36. The molecular formula is C26H30N4. The summed E-state index contributed by atoms with van der Waals surface area (Å²) >= 11 is 0. The number of likely N-dealkylation sites (N-methyl/N-ethyl adjacent to an activating group) is 2. The van der Waals surface area contributed by atoms with Gasteiger partial charge in [-0.1, -0.05) is 36.4 Å². The molecule has 0 aliphatic carbocycles. The second-order valence-corrected chi connectivity index (χ2v) is 8.83. The fraction of sp³-hybridized carbons (Fsp3) is 0.308. The number of hydrogen-bond donors (Lipinski definition) is 0. The predicted molar refractivity (Wildman–Crippen MR) is 130 cm³/mol. The Morgan fingerprint density at radius 2 is 0.933 bits per heavy atom. The molecule has 0 spiro atoms. The topological polar surface area (TPSA) is 16.3 Å². The van der Waals surface area contributed by atoms with Crippen LogP contribution in [0, 0.1) is 0 Å². The Kier molecular flexibility index (Phi) is 4.76. The number of benzene rings is 3. The highest BCUT2D eigenvalue weighted by Gasteiger charge is 2.16. The summed E-state index contributed by atoms with van der Waals surface area (Å²) in [7, 11) is 8.57. The molecule has 4 nitrogen and oxygen atoms in total. The first-order valence-electron chi connectivity index (χ1n) is 10.8. The maximum absolute atomic E-state index is 2.50. The third-order valence-electron chi connectivity index (χ3n) is 6.21. The van der Waals surface area contributed by atoms with Crippen LogP contribution in [0.5, 0.6) is 0 Å². The zero-order valence-electron chi connectivity index (χ0n) is 18.4. The van der Waals surface area contributed by atoms with Gasteiger partial charge in [-0.3, -0.25) is 0 Å². The minimum atomic E-state index is 0.988. The first kappa shape index (κ1) is 19.2. The number of hydrogen-bond acceptors (Lipinski definition) is 2. The largest absolute Gasteiger partial charge is 0.339 e. The summed E-state index contributed by atoms with van der Waals surface area (Å²) < 4.78 is 4.99. The van der Waals surface area contributed by atoms with Crippen molar-refractivity contribution in [2.75, 3.05) is 41.3 Å². The summed E-state index contributed by atoms with van der Waals surface area (Å²) in [6, 6.07) is 22.5. The number of fused-ring (bicyclic) bond motifs is 6. The van der Waals surface area contributed by atoms with Crippen LogP contribution in [0.25, 0.3) is 43.6 Å². The standard InChI is InChI=1S/C26H30N4/c1-27(2)13-15-29-23-11-7-5-9-19(23)21-18-26-22(17-25(21)29)20-10-6-8-12-24(20)30(26)16-14-28(3)4/h5-12,17-18H,13-16H2,1-4H3. The van der Waals surface area contributed by atoms with E-state index in [4.69, 9.17) is 0 Å². The molecule has 0 aliphatic rings. The quantitative estimate of drug-likeness (QED) is 0.399.